The van der Waals surface area contributed by atoms with Gasteiger partial charge in [0, 0.05) is 18.3 Å². The molecule has 6 heteroatoms. The summed E-state index contributed by atoms with van der Waals surface area (Å²) >= 11 is 7.03. The van der Waals surface area contributed by atoms with Gasteiger partial charge in [-0.1, -0.05) is 6.07 Å². The molecule has 108 valence electrons. The highest BCUT2D eigenvalue weighted by Crippen LogP contribution is 2.35. The predicted molar refractivity (Wildman–Crippen MR) is 87.9 cm³/mol. The lowest BCUT2D eigenvalue weighted by Crippen LogP contribution is -2.06. The number of nitrogens with zero attached hydrogens (tertiary/aromatic N) is 2. The third-order valence-electron chi connectivity index (χ3n) is 2.81. The van der Waals surface area contributed by atoms with Crippen molar-refractivity contribution in [2.24, 2.45) is 0 Å². The zero-order valence-electron chi connectivity index (χ0n) is 11.4. The highest BCUT2D eigenvalue weighted by molar-refractivity contribution is 9.11. The molecule has 0 aliphatic heterocycles. The second kappa shape index (κ2) is 7.55. The van der Waals surface area contributed by atoms with E-state index in [2.05, 4.69) is 48.2 Å². The second-order valence-corrected chi connectivity index (χ2v) is 6.04. The van der Waals surface area contributed by atoms with Gasteiger partial charge in [0.05, 0.1) is 8.95 Å². The molecule has 1 aromatic heterocycles. The van der Waals surface area contributed by atoms with Gasteiger partial charge in [0.25, 0.3) is 0 Å². The summed E-state index contributed by atoms with van der Waals surface area (Å²) in [4.78, 5) is 4.02. The van der Waals surface area contributed by atoms with Crippen LogP contribution in [0.5, 0.6) is 5.75 Å². The summed E-state index contributed by atoms with van der Waals surface area (Å²) in [6.07, 6.45) is 1.60. The molecule has 21 heavy (non-hydrogen) atoms. The Bertz CT molecular complexity index is 660. The third kappa shape index (κ3) is 4.03. The maximum absolute atomic E-state index is 9.03. The minimum Gasteiger partial charge on any atom is -0.486 e. The van der Waals surface area contributed by atoms with Crippen molar-refractivity contribution in [2.75, 3.05) is 7.05 Å². The molecule has 0 aliphatic carbocycles. The van der Waals surface area contributed by atoms with Crippen molar-refractivity contribution in [3.05, 3.63) is 56.2 Å². The number of ether oxygens (including phenoxy) is 1. The van der Waals surface area contributed by atoms with E-state index in [9.17, 15) is 0 Å². The fourth-order valence-electron chi connectivity index (χ4n) is 1.86. The van der Waals surface area contributed by atoms with E-state index in [0.29, 0.717) is 18.1 Å². The molecule has 2 rings (SSSR count). The van der Waals surface area contributed by atoms with E-state index >= 15 is 0 Å². The van der Waals surface area contributed by atoms with Crippen LogP contribution < -0.4 is 10.1 Å². The van der Waals surface area contributed by atoms with Crippen molar-refractivity contribution in [1.82, 2.24) is 10.3 Å². The number of aromatic nitrogens is 1. The van der Waals surface area contributed by atoms with Crippen LogP contribution in [-0.2, 0) is 13.2 Å². The van der Waals surface area contributed by atoms with Crippen molar-refractivity contribution in [3.8, 4) is 11.8 Å². The average Bonchev–Trinajstić information content (AvgIpc) is 2.47. The van der Waals surface area contributed by atoms with Gasteiger partial charge in [-0.3, -0.25) is 0 Å². The first kappa shape index (κ1) is 16.0. The molecule has 0 unspecified atom stereocenters. The minimum atomic E-state index is 0.291. The number of pyridine rings is 1. The largest absolute Gasteiger partial charge is 0.486 e. The van der Waals surface area contributed by atoms with Crippen LogP contribution in [0.4, 0.5) is 0 Å². The van der Waals surface area contributed by atoms with Crippen molar-refractivity contribution in [3.63, 3.8) is 0 Å². The molecule has 1 aromatic carbocycles. The molecule has 0 aliphatic rings. The molecule has 1 N–H and O–H groups in total. The van der Waals surface area contributed by atoms with Gasteiger partial charge in [-0.2, -0.15) is 5.26 Å². The lowest BCUT2D eigenvalue weighted by molar-refractivity contribution is 0.301. The molecule has 0 amide bonds. The summed E-state index contributed by atoms with van der Waals surface area (Å²) in [6, 6.07) is 9.70. The first-order valence-electron chi connectivity index (χ1n) is 6.25. The fraction of sp³-hybridized carbons (Fsp3) is 0.200. The normalized spacial score (nSPS) is 10.2. The Balaban J connectivity index is 2.19. The number of rotatable bonds is 5. The number of halogens is 2. The van der Waals surface area contributed by atoms with Gasteiger partial charge in [0.2, 0.25) is 0 Å². The summed E-state index contributed by atoms with van der Waals surface area (Å²) in [5, 5.41) is 12.1. The zero-order valence-corrected chi connectivity index (χ0v) is 14.5. The first-order chi connectivity index (χ1) is 10.2. The van der Waals surface area contributed by atoms with E-state index in [1.54, 1.807) is 12.3 Å². The fourth-order valence-corrected chi connectivity index (χ4v) is 3.37. The standard InChI is InChI=1S/C15H13Br2N3O/c1-19-8-10-5-12(16)15(13(17)6-10)21-9-11-3-2-4-20-14(11)7-18/h2-6,19H,8-9H2,1H3. The molecular formula is C15H13Br2N3O. The lowest BCUT2D eigenvalue weighted by Gasteiger charge is -2.12. The molecular weight excluding hydrogens is 398 g/mol. The number of nitrogens with one attached hydrogen (secondary N) is 1. The van der Waals surface area contributed by atoms with Gasteiger partial charge in [-0.15, -0.1) is 0 Å². The first-order valence-corrected chi connectivity index (χ1v) is 7.83. The molecule has 1 heterocycles. The van der Waals surface area contributed by atoms with E-state index in [4.69, 9.17) is 10.00 Å². The molecule has 0 bridgehead atoms. The average molecular weight is 411 g/mol. The van der Waals surface area contributed by atoms with Gasteiger partial charge in [0.15, 0.2) is 0 Å². The predicted octanol–water partition coefficient (Wildman–Crippen LogP) is 3.78. The quantitative estimate of drug-likeness (QED) is 0.814. The molecule has 0 saturated carbocycles. The Kier molecular flexibility index (Phi) is 5.74. The van der Waals surface area contributed by atoms with E-state index in [0.717, 1.165) is 26.6 Å². The molecule has 0 spiro atoms. The van der Waals surface area contributed by atoms with Gasteiger partial charge >= 0.3 is 0 Å². The van der Waals surface area contributed by atoms with E-state index in [1.165, 1.54) is 0 Å². The number of nitriles is 1. The van der Waals surface area contributed by atoms with Crippen LogP contribution in [0.2, 0.25) is 0 Å². The Labute approximate surface area is 140 Å². The highest BCUT2D eigenvalue weighted by atomic mass is 79.9. The number of hydrogen-bond donors (Lipinski definition) is 1. The molecule has 0 saturated heterocycles. The number of hydrogen-bond acceptors (Lipinski definition) is 4. The third-order valence-corrected chi connectivity index (χ3v) is 3.99. The molecule has 2 aromatic rings. The maximum atomic E-state index is 9.03. The van der Waals surface area contributed by atoms with Gasteiger partial charge < -0.3 is 10.1 Å². The van der Waals surface area contributed by atoms with Gasteiger partial charge in [-0.25, -0.2) is 4.98 Å². The summed E-state index contributed by atoms with van der Waals surface area (Å²) in [5.41, 5.74) is 2.29. The van der Waals surface area contributed by atoms with E-state index in [-0.39, 0.29) is 0 Å². The van der Waals surface area contributed by atoms with Crippen LogP contribution in [0.25, 0.3) is 0 Å². The summed E-state index contributed by atoms with van der Waals surface area (Å²) < 4.78 is 7.55. The van der Waals surface area contributed by atoms with Crippen LogP contribution >= 0.6 is 31.9 Å². The Morgan fingerprint density at radius 1 is 1.33 bits per heavy atom. The van der Waals surface area contributed by atoms with Crippen molar-refractivity contribution >= 4 is 31.9 Å². The van der Waals surface area contributed by atoms with Crippen LogP contribution in [0.3, 0.4) is 0 Å². The second-order valence-electron chi connectivity index (χ2n) is 4.33. The Morgan fingerprint density at radius 3 is 2.67 bits per heavy atom. The van der Waals surface area contributed by atoms with Crippen LogP contribution in [-0.4, -0.2) is 12.0 Å². The van der Waals surface area contributed by atoms with E-state index < -0.39 is 0 Å². The molecule has 0 atom stereocenters. The van der Waals surface area contributed by atoms with Crippen LogP contribution in [0.1, 0.15) is 16.8 Å². The zero-order chi connectivity index (χ0) is 15.2. The van der Waals surface area contributed by atoms with Gasteiger partial charge in [0.1, 0.15) is 24.1 Å². The van der Waals surface area contributed by atoms with Gasteiger partial charge in [-0.05, 0) is 62.7 Å². The smallest absolute Gasteiger partial charge is 0.148 e. The minimum absolute atomic E-state index is 0.291. The number of benzene rings is 1. The summed E-state index contributed by atoms with van der Waals surface area (Å²) in [5.74, 6) is 0.711. The monoisotopic (exact) mass is 409 g/mol. The molecule has 0 fully saturated rings. The topological polar surface area (TPSA) is 57.9 Å². The summed E-state index contributed by atoms with van der Waals surface area (Å²) in [6.45, 7) is 1.07. The molecule has 4 nitrogen and oxygen atoms in total. The Hall–Kier alpha value is -1.42. The maximum Gasteiger partial charge on any atom is 0.148 e. The van der Waals surface area contributed by atoms with Crippen molar-refractivity contribution in [1.29, 1.82) is 5.26 Å². The SMILES string of the molecule is CNCc1cc(Br)c(OCc2cccnc2C#N)c(Br)c1. The highest BCUT2D eigenvalue weighted by Gasteiger charge is 2.10. The van der Waals surface area contributed by atoms with Crippen molar-refractivity contribution < 1.29 is 4.74 Å². The Morgan fingerprint density at radius 2 is 2.05 bits per heavy atom. The summed E-state index contributed by atoms with van der Waals surface area (Å²) in [7, 11) is 1.90. The molecule has 0 radical (unpaired) electrons. The van der Waals surface area contributed by atoms with Crippen LogP contribution in [0, 0.1) is 11.3 Å². The lowest BCUT2D eigenvalue weighted by atomic mass is 10.2. The van der Waals surface area contributed by atoms with Crippen molar-refractivity contribution in [2.45, 2.75) is 13.2 Å². The van der Waals surface area contributed by atoms with Crippen LogP contribution in [0.15, 0.2) is 39.4 Å². The van der Waals surface area contributed by atoms with E-state index in [1.807, 2.05) is 25.2 Å².